The van der Waals surface area contributed by atoms with Crippen LogP contribution in [0.3, 0.4) is 0 Å². The van der Waals surface area contributed by atoms with Gasteiger partial charge in [0.2, 0.25) is 10.0 Å². The van der Waals surface area contributed by atoms with Gasteiger partial charge in [-0.25, -0.2) is 12.7 Å². The number of hydrogen-bond acceptors (Lipinski definition) is 3. The van der Waals surface area contributed by atoms with E-state index >= 15 is 0 Å². The van der Waals surface area contributed by atoms with Gasteiger partial charge in [-0.15, -0.1) is 0 Å². The molecule has 0 spiro atoms. The van der Waals surface area contributed by atoms with E-state index in [9.17, 15) is 8.42 Å². The highest BCUT2D eigenvalue weighted by Gasteiger charge is 2.28. The van der Waals surface area contributed by atoms with Crippen LogP contribution in [0.1, 0.15) is 26.2 Å². The minimum Gasteiger partial charge on any atom is -0.490 e. The van der Waals surface area contributed by atoms with Crippen LogP contribution in [0.2, 0.25) is 5.02 Å². The molecule has 1 saturated heterocycles. The second-order valence-electron chi connectivity index (χ2n) is 4.99. The maximum Gasteiger partial charge on any atom is 0.214 e. The molecule has 0 aromatic heterocycles. The van der Waals surface area contributed by atoms with Crippen LogP contribution in [0.5, 0.6) is 5.75 Å². The first kappa shape index (κ1) is 15.6. The largest absolute Gasteiger partial charge is 0.490 e. The molecule has 0 N–H and O–H groups in total. The van der Waals surface area contributed by atoms with Crippen molar-refractivity contribution in [3.8, 4) is 5.75 Å². The van der Waals surface area contributed by atoms with Gasteiger partial charge >= 0.3 is 0 Å². The Morgan fingerprint density at radius 3 is 2.65 bits per heavy atom. The molecule has 1 aromatic carbocycles. The van der Waals surface area contributed by atoms with Crippen LogP contribution in [0.15, 0.2) is 24.3 Å². The van der Waals surface area contributed by atoms with Crippen molar-refractivity contribution < 1.29 is 13.2 Å². The summed E-state index contributed by atoms with van der Waals surface area (Å²) in [7, 11) is -3.08. The number of piperidine rings is 1. The molecule has 4 nitrogen and oxygen atoms in total. The molecule has 112 valence electrons. The van der Waals surface area contributed by atoms with Gasteiger partial charge in [-0.05, 0) is 37.5 Å². The van der Waals surface area contributed by atoms with Crippen LogP contribution in [-0.4, -0.2) is 37.7 Å². The number of halogens is 1. The normalized spacial score (nSPS) is 18.1. The number of nitrogens with zero attached hydrogens (tertiary/aromatic N) is 1. The zero-order chi connectivity index (χ0) is 14.6. The van der Waals surface area contributed by atoms with Gasteiger partial charge in [0.1, 0.15) is 11.9 Å². The van der Waals surface area contributed by atoms with E-state index in [0.717, 1.165) is 18.6 Å². The van der Waals surface area contributed by atoms with E-state index in [1.165, 1.54) is 0 Å². The molecule has 0 bridgehead atoms. The summed E-state index contributed by atoms with van der Waals surface area (Å²) in [4.78, 5) is 0. The zero-order valence-corrected chi connectivity index (χ0v) is 13.2. The van der Waals surface area contributed by atoms with Crippen LogP contribution in [0, 0.1) is 0 Å². The molecule has 0 unspecified atom stereocenters. The fourth-order valence-electron chi connectivity index (χ4n) is 2.35. The molecule has 0 atom stereocenters. The standard InChI is InChI=1S/C14H20ClNO3S/c1-2-10-20(17,18)16-8-6-13(7-9-16)19-14-5-3-4-12(15)11-14/h3-5,11,13H,2,6-10H2,1H3. The van der Waals surface area contributed by atoms with Gasteiger partial charge < -0.3 is 4.74 Å². The van der Waals surface area contributed by atoms with E-state index in [0.29, 0.717) is 24.5 Å². The molecule has 0 saturated carbocycles. The Morgan fingerprint density at radius 2 is 2.05 bits per heavy atom. The monoisotopic (exact) mass is 317 g/mol. The Hall–Kier alpha value is -0.780. The van der Waals surface area contributed by atoms with E-state index in [1.807, 2.05) is 19.1 Å². The number of benzene rings is 1. The fourth-order valence-corrected chi connectivity index (χ4v) is 4.07. The van der Waals surface area contributed by atoms with Gasteiger partial charge in [-0.1, -0.05) is 24.6 Å². The van der Waals surface area contributed by atoms with Gasteiger partial charge in [-0.3, -0.25) is 0 Å². The average Bonchev–Trinajstić information content (AvgIpc) is 2.39. The molecule has 0 radical (unpaired) electrons. The lowest BCUT2D eigenvalue weighted by Gasteiger charge is -2.31. The predicted octanol–water partition coefficient (Wildman–Crippen LogP) is 2.92. The number of rotatable bonds is 5. The molecule has 1 fully saturated rings. The molecule has 1 aromatic rings. The van der Waals surface area contributed by atoms with Crippen molar-refractivity contribution in [3.05, 3.63) is 29.3 Å². The lowest BCUT2D eigenvalue weighted by atomic mass is 10.1. The van der Waals surface area contributed by atoms with Crippen LogP contribution >= 0.6 is 11.6 Å². The topological polar surface area (TPSA) is 46.6 Å². The summed E-state index contributed by atoms with van der Waals surface area (Å²) in [5, 5.41) is 0.644. The lowest BCUT2D eigenvalue weighted by molar-refractivity contribution is 0.135. The average molecular weight is 318 g/mol. The molecule has 1 aliphatic rings. The highest BCUT2D eigenvalue weighted by molar-refractivity contribution is 7.89. The molecule has 0 amide bonds. The van der Waals surface area contributed by atoms with Crippen molar-refractivity contribution in [2.45, 2.75) is 32.3 Å². The Balaban J connectivity index is 1.89. The van der Waals surface area contributed by atoms with E-state index in [2.05, 4.69) is 0 Å². The molecule has 0 aliphatic carbocycles. The highest BCUT2D eigenvalue weighted by Crippen LogP contribution is 2.23. The summed E-state index contributed by atoms with van der Waals surface area (Å²) in [6.07, 6.45) is 2.15. The number of hydrogen-bond donors (Lipinski definition) is 0. The van der Waals surface area contributed by atoms with Crippen molar-refractivity contribution in [3.63, 3.8) is 0 Å². The summed E-state index contributed by atoms with van der Waals surface area (Å²) in [6, 6.07) is 7.29. The third-order valence-electron chi connectivity index (χ3n) is 3.36. The summed E-state index contributed by atoms with van der Waals surface area (Å²) in [5.41, 5.74) is 0. The summed E-state index contributed by atoms with van der Waals surface area (Å²) in [5.74, 6) is 0.972. The summed E-state index contributed by atoms with van der Waals surface area (Å²) >= 11 is 5.91. The maximum atomic E-state index is 12.0. The third-order valence-corrected chi connectivity index (χ3v) is 5.67. The summed E-state index contributed by atoms with van der Waals surface area (Å²) in [6.45, 7) is 2.95. The molecule has 1 heterocycles. The molecule has 2 rings (SSSR count). The Morgan fingerprint density at radius 1 is 1.35 bits per heavy atom. The van der Waals surface area contributed by atoms with Crippen LogP contribution in [0.25, 0.3) is 0 Å². The third kappa shape index (κ3) is 4.11. The summed E-state index contributed by atoms with van der Waals surface area (Å²) < 4.78 is 31.4. The Labute approximate surface area is 125 Å². The van der Waals surface area contributed by atoms with Gasteiger partial charge in [0, 0.05) is 18.1 Å². The molecular formula is C14H20ClNO3S. The van der Waals surface area contributed by atoms with Crippen LogP contribution < -0.4 is 4.74 Å². The van der Waals surface area contributed by atoms with Crippen LogP contribution in [-0.2, 0) is 10.0 Å². The second-order valence-corrected chi connectivity index (χ2v) is 7.51. The minimum absolute atomic E-state index is 0.0570. The number of sulfonamides is 1. The minimum atomic E-state index is -3.08. The van der Waals surface area contributed by atoms with Gasteiger partial charge in [0.15, 0.2) is 0 Å². The van der Waals surface area contributed by atoms with Crippen molar-refractivity contribution in [1.29, 1.82) is 0 Å². The smallest absolute Gasteiger partial charge is 0.214 e. The Bertz CT molecular complexity index is 539. The quantitative estimate of drug-likeness (QED) is 0.839. The molecule has 1 aliphatic heterocycles. The van der Waals surface area contributed by atoms with Gasteiger partial charge in [0.05, 0.1) is 5.75 Å². The SMILES string of the molecule is CCCS(=O)(=O)N1CCC(Oc2cccc(Cl)c2)CC1. The maximum absolute atomic E-state index is 12.0. The van der Waals surface area contributed by atoms with Crippen molar-refractivity contribution in [1.82, 2.24) is 4.31 Å². The van der Waals surface area contributed by atoms with Gasteiger partial charge in [-0.2, -0.15) is 0 Å². The van der Waals surface area contributed by atoms with Crippen LogP contribution in [0.4, 0.5) is 0 Å². The second kappa shape index (κ2) is 6.78. The van der Waals surface area contributed by atoms with E-state index < -0.39 is 10.0 Å². The lowest BCUT2D eigenvalue weighted by Crippen LogP contribution is -2.42. The zero-order valence-electron chi connectivity index (χ0n) is 11.6. The first-order chi connectivity index (χ1) is 9.51. The number of ether oxygens (including phenoxy) is 1. The Kier molecular flexibility index (Phi) is 5.29. The van der Waals surface area contributed by atoms with Crippen molar-refractivity contribution in [2.24, 2.45) is 0 Å². The van der Waals surface area contributed by atoms with E-state index in [-0.39, 0.29) is 11.9 Å². The molecule has 6 heteroatoms. The predicted molar refractivity (Wildman–Crippen MR) is 80.8 cm³/mol. The fraction of sp³-hybridized carbons (Fsp3) is 0.571. The first-order valence-corrected chi connectivity index (χ1v) is 8.90. The van der Waals surface area contributed by atoms with Gasteiger partial charge in [0.25, 0.3) is 0 Å². The van der Waals surface area contributed by atoms with E-state index in [4.69, 9.17) is 16.3 Å². The molecule has 20 heavy (non-hydrogen) atoms. The van der Waals surface area contributed by atoms with Crippen molar-refractivity contribution in [2.75, 3.05) is 18.8 Å². The van der Waals surface area contributed by atoms with Crippen molar-refractivity contribution >= 4 is 21.6 Å². The first-order valence-electron chi connectivity index (χ1n) is 6.91. The molecular weight excluding hydrogens is 298 g/mol. The van der Waals surface area contributed by atoms with E-state index in [1.54, 1.807) is 16.4 Å². The highest BCUT2D eigenvalue weighted by atomic mass is 35.5.